The van der Waals surface area contributed by atoms with Gasteiger partial charge in [0.05, 0.1) is 6.10 Å². The van der Waals surface area contributed by atoms with Crippen molar-refractivity contribution < 1.29 is 23.7 Å². The quantitative estimate of drug-likeness (QED) is 0.727. The lowest BCUT2D eigenvalue weighted by atomic mass is 9.94. The highest BCUT2D eigenvalue weighted by Gasteiger charge is 2.59. The molecular formula is C19H32O5. The van der Waals surface area contributed by atoms with Gasteiger partial charge in [-0.3, -0.25) is 0 Å². The summed E-state index contributed by atoms with van der Waals surface area (Å²) in [6.45, 7) is 4.77. The molecule has 2 aliphatic carbocycles. The molecule has 2 aliphatic heterocycles. The minimum atomic E-state index is -0.502. The third-order valence-corrected chi connectivity index (χ3v) is 6.07. The third kappa shape index (κ3) is 3.14. The van der Waals surface area contributed by atoms with E-state index in [1.54, 1.807) is 0 Å². The van der Waals surface area contributed by atoms with Gasteiger partial charge in [-0.1, -0.05) is 12.8 Å². The van der Waals surface area contributed by atoms with Crippen molar-refractivity contribution in [2.75, 3.05) is 6.61 Å². The SMILES string of the molecule is CCOC1(OC2OC(C)[C@H]3OC4(CCCCC4)O[C@@H]23)CCCCC1. The van der Waals surface area contributed by atoms with Gasteiger partial charge in [-0.15, -0.1) is 0 Å². The van der Waals surface area contributed by atoms with Crippen LogP contribution in [0.3, 0.4) is 0 Å². The normalized spacial score (nSPS) is 40.8. The highest BCUT2D eigenvalue weighted by atomic mass is 16.8. The first-order valence-electron chi connectivity index (χ1n) is 9.98. The number of rotatable bonds is 4. The molecule has 4 aliphatic rings. The second-order valence-corrected chi connectivity index (χ2v) is 7.87. The highest BCUT2D eigenvalue weighted by Crippen LogP contribution is 2.47. The summed E-state index contributed by atoms with van der Waals surface area (Å²) in [6.07, 6.45) is 10.6. The minimum absolute atomic E-state index is 0.00330. The van der Waals surface area contributed by atoms with Crippen molar-refractivity contribution in [3.8, 4) is 0 Å². The van der Waals surface area contributed by atoms with Gasteiger partial charge in [0, 0.05) is 32.3 Å². The predicted molar refractivity (Wildman–Crippen MR) is 88.4 cm³/mol. The molecule has 0 amide bonds. The van der Waals surface area contributed by atoms with E-state index in [9.17, 15) is 0 Å². The van der Waals surface area contributed by atoms with Crippen LogP contribution in [0.15, 0.2) is 0 Å². The number of ether oxygens (including phenoxy) is 5. The summed E-state index contributed by atoms with van der Waals surface area (Å²) in [5.41, 5.74) is 0. The lowest BCUT2D eigenvalue weighted by molar-refractivity contribution is -0.338. The predicted octanol–water partition coefficient (Wildman–Crippen LogP) is 3.89. The van der Waals surface area contributed by atoms with Gasteiger partial charge in [-0.2, -0.15) is 0 Å². The van der Waals surface area contributed by atoms with E-state index in [4.69, 9.17) is 23.7 Å². The van der Waals surface area contributed by atoms with Crippen molar-refractivity contribution in [3.63, 3.8) is 0 Å². The van der Waals surface area contributed by atoms with Crippen LogP contribution >= 0.6 is 0 Å². The number of fused-ring (bicyclic) bond motifs is 1. The van der Waals surface area contributed by atoms with E-state index in [2.05, 4.69) is 6.92 Å². The van der Waals surface area contributed by atoms with Gasteiger partial charge in [0.25, 0.3) is 0 Å². The molecular weight excluding hydrogens is 308 g/mol. The molecule has 2 saturated carbocycles. The molecule has 0 aromatic heterocycles. The summed E-state index contributed by atoms with van der Waals surface area (Å²) in [4.78, 5) is 0. The first kappa shape index (κ1) is 17.2. The van der Waals surface area contributed by atoms with E-state index in [1.807, 2.05) is 6.92 Å². The first-order chi connectivity index (χ1) is 11.7. The Labute approximate surface area is 145 Å². The van der Waals surface area contributed by atoms with Crippen LogP contribution in [0.25, 0.3) is 0 Å². The van der Waals surface area contributed by atoms with Crippen molar-refractivity contribution in [3.05, 3.63) is 0 Å². The van der Waals surface area contributed by atoms with Crippen molar-refractivity contribution in [2.45, 2.75) is 114 Å². The fraction of sp³-hybridized carbons (Fsp3) is 1.00. The largest absolute Gasteiger partial charge is 0.350 e. The van der Waals surface area contributed by atoms with Crippen LogP contribution in [0.2, 0.25) is 0 Å². The molecule has 5 nitrogen and oxygen atoms in total. The van der Waals surface area contributed by atoms with Crippen molar-refractivity contribution in [1.29, 1.82) is 0 Å². The van der Waals surface area contributed by atoms with Gasteiger partial charge >= 0.3 is 0 Å². The monoisotopic (exact) mass is 340 g/mol. The molecule has 0 radical (unpaired) electrons. The lowest BCUT2D eigenvalue weighted by Crippen LogP contribution is -2.45. The van der Waals surface area contributed by atoms with Gasteiger partial charge in [0.2, 0.25) is 0 Å². The topological polar surface area (TPSA) is 46.2 Å². The van der Waals surface area contributed by atoms with Crippen LogP contribution < -0.4 is 0 Å². The summed E-state index contributed by atoms with van der Waals surface area (Å²) in [6, 6.07) is 0. The zero-order valence-corrected chi connectivity index (χ0v) is 15.1. The Morgan fingerprint density at radius 1 is 0.875 bits per heavy atom. The van der Waals surface area contributed by atoms with Crippen LogP contribution in [0.1, 0.15) is 78.1 Å². The first-order valence-corrected chi connectivity index (χ1v) is 9.98. The summed E-state index contributed by atoms with van der Waals surface area (Å²) >= 11 is 0. The van der Waals surface area contributed by atoms with Crippen LogP contribution in [-0.2, 0) is 23.7 Å². The van der Waals surface area contributed by atoms with E-state index in [1.165, 1.54) is 25.7 Å². The second-order valence-electron chi connectivity index (χ2n) is 7.87. The van der Waals surface area contributed by atoms with Gasteiger partial charge < -0.3 is 23.7 Å². The van der Waals surface area contributed by atoms with Crippen LogP contribution in [0.4, 0.5) is 0 Å². The third-order valence-electron chi connectivity index (χ3n) is 6.07. The average molecular weight is 340 g/mol. The zero-order chi connectivity index (χ0) is 16.6. The second kappa shape index (κ2) is 6.84. The molecule has 0 N–H and O–H groups in total. The minimum Gasteiger partial charge on any atom is -0.350 e. The Balaban J connectivity index is 1.47. The Morgan fingerprint density at radius 3 is 2.17 bits per heavy atom. The Kier molecular flexibility index (Phi) is 4.91. The fourth-order valence-corrected chi connectivity index (χ4v) is 4.88. The van der Waals surface area contributed by atoms with Gasteiger partial charge in [-0.25, -0.2) is 0 Å². The molecule has 4 atom stereocenters. The van der Waals surface area contributed by atoms with Crippen LogP contribution in [-0.4, -0.2) is 42.8 Å². The maximum atomic E-state index is 6.45. The molecule has 138 valence electrons. The molecule has 2 unspecified atom stereocenters. The fourth-order valence-electron chi connectivity index (χ4n) is 4.88. The molecule has 0 aromatic carbocycles. The van der Waals surface area contributed by atoms with E-state index < -0.39 is 11.6 Å². The Bertz CT molecular complexity index is 422. The van der Waals surface area contributed by atoms with Gasteiger partial charge in [0.15, 0.2) is 17.9 Å². The van der Waals surface area contributed by atoms with E-state index in [-0.39, 0.29) is 24.6 Å². The van der Waals surface area contributed by atoms with Gasteiger partial charge in [0.1, 0.15) is 12.2 Å². The summed E-state index contributed by atoms with van der Waals surface area (Å²) in [7, 11) is 0. The molecule has 1 spiro atoms. The van der Waals surface area contributed by atoms with Crippen molar-refractivity contribution in [2.24, 2.45) is 0 Å². The molecule has 4 fully saturated rings. The molecule has 24 heavy (non-hydrogen) atoms. The van der Waals surface area contributed by atoms with E-state index in [0.29, 0.717) is 6.61 Å². The molecule has 2 saturated heterocycles. The summed E-state index contributed by atoms with van der Waals surface area (Å²) in [5, 5.41) is 0. The molecule has 0 bridgehead atoms. The molecule has 4 rings (SSSR count). The average Bonchev–Trinajstić information content (AvgIpc) is 3.07. The summed E-state index contributed by atoms with van der Waals surface area (Å²) in [5.74, 6) is -0.892. The van der Waals surface area contributed by atoms with Crippen LogP contribution in [0.5, 0.6) is 0 Å². The smallest absolute Gasteiger partial charge is 0.190 e. The molecule has 5 heteroatoms. The Hall–Kier alpha value is -0.200. The summed E-state index contributed by atoms with van der Waals surface area (Å²) < 4.78 is 31.4. The molecule has 0 aromatic rings. The van der Waals surface area contributed by atoms with E-state index >= 15 is 0 Å². The number of hydrogen-bond donors (Lipinski definition) is 0. The van der Waals surface area contributed by atoms with Gasteiger partial charge in [-0.05, 0) is 39.5 Å². The lowest BCUT2D eigenvalue weighted by Gasteiger charge is -2.40. The van der Waals surface area contributed by atoms with Crippen molar-refractivity contribution >= 4 is 0 Å². The Morgan fingerprint density at radius 2 is 1.50 bits per heavy atom. The van der Waals surface area contributed by atoms with Crippen LogP contribution in [0, 0.1) is 0 Å². The highest BCUT2D eigenvalue weighted by molar-refractivity contribution is 4.97. The zero-order valence-electron chi connectivity index (χ0n) is 15.1. The number of hydrogen-bond acceptors (Lipinski definition) is 5. The maximum Gasteiger partial charge on any atom is 0.190 e. The standard InChI is InChI=1S/C19H32O5/c1-3-20-18(10-6-4-7-11-18)24-17-16-15(14(2)21-17)22-19(23-16)12-8-5-9-13-19/h14-17H,3-13H2,1-2H3/t14?,15-,16-,17?/m1/s1. The van der Waals surface area contributed by atoms with Crippen molar-refractivity contribution in [1.82, 2.24) is 0 Å². The maximum absolute atomic E-state index is 6.45. The van der Waals surface area contributed by atoms with E-state index in [0.717, 1.165) is 38.5 Å². The molecule has 2 heterocycles.